The van der Waals surface area contributed by atoms with Crippen LogP contribution in [0.25, 0.3) is 0 Å². The first kappa shape index (κ1) is 14.9. The van der Waals surface area contributed by atoms with Crippen LogP contribution in [0.2, 0.25) is 0 Å². The quantitative estimate of drug-likeness (QED) is 0.660. The van der Waals surface area contributed by atoms with Gasteiger partial charge in [0.05, 0.1) is 0 Å². The molecule has 3 heteroatoms. The Labute approximate surface area is 125 Å². The molecule has 0 aromatic heterocycles. The molecular weight excluding hydrogens is 268 g/mol. The summed E-state index contributed by atoms with van der Waals surface area (Å²) in [5.74, 6) is 0.721. The molecule has 0 bridgehead atoms. The first-order valence-electron chi connectivity index (χ1n) is 6.59. The molecule has 1 atom stereocenters. The monoisotopic (exact) mass is 288 g/mol. The minimum atomic E-state index is -1.33. The first-order valence-corrected chi connectivity index (χ1v) is 7.03. The van der Waals surface area contributed by atoms with E-state index in [9.17, 15) is 5.11 Å². The van der Waals surface area contributed by atoms with Crippen LogP contribution in [-0.2, 0) is 4.93 Å². The summed E-state index contributed by atoms with van der Waals surface area (Å²) in [4.78, 5) is -1.33. The number of thiol groups is 1. The molecule has 2 rings (SSSR count). The van der Waals surface area contributed by atoms with Crippen LogP contribution in [0.15, 0.2) is 54.6 Å². The SMILES string of the molecule is CC(C)(C)Oc1cccc([C@@](O)(S)c2ccccc2)c1. The van der Waals surface area contributed by atoms with Gasteiger partial charge in [-0.05, 0) is 38.5 Å². The molecule has 0 aliphatic rings. The Morgan fingerprint density at radius 3 is 2.10 bits per heavy atom. The summed E-state index contributed by atoms with van der Waals surface area (Å²) in [6.45, 7) is 5.97. The molecule has 0 fully saturated rings. The average Bonchev–Trinajstić information content (AvgIpc) is 2.38. The number of benzene rings is 2. The minimum Gasteiger partial charge on any atom is -0.488 e. The fraction of sp³-hybridized carbons (Fsp3) is 0.294. The van der Waals surface area contributed by atoms with E-state index in [0.29, 0.717) is 5.56 Å². The van der Waals surface area contributed by atoms with Crippen LogP contribution < -0.4 is 4.74 Å². The van der Waals surface area contributed by atoms with Crippen molar-refractivity contribution in [2.24, 2.45) is 0 Å². The smallest absolute Gasteiger partial charge is 0.159 e. The maximum Gasteiger partial charge on any atom is 0.159 e. The standard InChI is InChI=1S/C17H20O2S/c1-16(2,3)19-15-11-7-10-14(12-15)17(18,20)13-8-5-4-6-9-13/h4-12,18,20H,1-3H3/t17-/m0/s1. The molecule has 0 heterocycles. The lowest BCUT2D eigenvalue weighted by Gasteiger charge is -2.26. The Kier molecular flexibility index (Phi) is 4.11. The van der Waals surface area contributed by atoms with Gasteiger partial charge in [0.1, 0.15) is 11.4 Å². The van der Waals surface area contributed by atoms with Crippen molar-refractivity contribution in [1.29, 1.82) is 0 Å². The molecule has 0 radical (unpaired) electrons. The lowest BCUT2D eigenvalue weighted by Crippen LogP contribution is -2.24. The van der Waals surface area contributed by atoms with Crippen molar-refractivity contribution in [1.82, 2.24) is 0 Å². The van der Waals surface area contributed by atoms with Crippen molar-refractivity contribution in [3.05, 3.63) is 65.7 Å². The molecule has 0 spiro atoms. The summed E-state index contributed by atoms with van der Waals surface area (Å²) in [5.41, 5.74) is 1.14. The third kappa shape index (κ3) is 3.56. The van der Waals surface area contributed by atoms with Gasteiger partial charge < -0.3 is 9.84 Å². The van der Waals surface area contributed by atoms with Gasteiger partial charge >= 0.3 is 0 Å². The predicted octanol–water partition coefficient (Wildman–Crippen LogP) is 3.99. The van der Waals surface area contributed by atoms with Gasteiger partial charge in [0, 0.05) is 5.56 Å². The predicted molar refractivity (Wildman–Crippen MR) is 85.2 cm³/mol. The summed E-state index contributed by atoms with van der Waals surface area (Å²) in [6, 6.07) is 16.8. The Balaban J connectivity index is 2.35. The third-order valence-corrected chi connectivity index (χ3v) is 3.35. The van der Waals surface area contributed by atoms with Crippen LogP contribution in [0.4, 0.5) is 0 Å². The van der Waals surface area contributed by atoms with Gasteiger partial charge in [-0.2, -0.15) is 0 Å². The van der Waals surface area contributed by atoms with Gasteiger partial charge in [-0.15, -0.1) is 12.6 Å². The minimum absolute atomic E-state index is 0.278. The molecule has 106 valence electrons. The molecule has 1 N–H and O–H groups in total. The highest BCUT2D eigenvalue weighted by atomic mass is 32.1. The van der Waals surface area contributed by atoms with E-state index in [2.05, 4.69) is 12.6 Å². The lowest BCUT2D eigenvalue weighted by atomic mass is 10.0. The Morgan fingerprint density at radius 2 is 1.50 bits per heavy atom. The van der Waals surface area contributed by atoms with E-state index in [-0.39, 0.29) is 5.60 Å². The van der Waals surface area contributed by atoms with Crippen LogP contribution in [-0.4, -0.2) is 10.7 Å². The highest BCUT2D eigenvalue weighted by molar-refractivity contribution is 7.81. The molecular formula is C17H20O2S. The number of aliphatic hydroxyl groups is 1. The number of ether oxygens (including phenoxy) is 1. The number of hydrogen-bond acceptors (Lipinski definition) is 3. The molecule has 2 aromatic carbocycles. The Bertz CT molecular complexity index is 571. The normalized spacial score (nSPS) is 14.7. The van der Waals surface area contributed by atoms with E-state index in [1.807, 2.05) is 75.4 Å². The van der Waals surface area contributed by atoms with Gasteiger partial charge in [-0.3, -0.25) is 0 Å². The second kappa shape index (κ2) is 5.51. The fourth-order valence-electron chi connectivity index (χ4n) is 1.97. The average molecular weight is 288 g/mol. The van der Waals surface area contributed by atoms with Crippen molar-refractivity contribution in [2.75, 3.05) is 0 Å². The molecule has 0 aliphatic carbocycles. The summed E-state index contributed by atoms with van der Waals surface area (Å²) in [5, 5.41) is 10.7. The molecule has 2 nitrogen and oxygen atoms in total. The topological polar surface area (TPSA) is 29.5 Å². The van der Waals surface area contributed by atoms with Gasteiger partial charge in [0.15, 0.2) is 4.93 Å². The van der Waals surface area contributed by atoms with E-state index in [1.165, 1.54) is 0 Å². The highest BCUT2D eigenvalue weighted by Gasteiger charge is 2.27. The largest absolute Gasteiger partial charge is 0.488 e. The van der Waals surface area contributed by atoms with Gasteiger partial charge in [0.2, 0.25) is 0 Å². The van der Waals surface area contributed by atoms with E-state index in [4.69, 9.17) is 4.74 Å². The van der Waals surface area contributed by atoms with E-state index in [0.717, 1.165) is 11.3 Å². The Hall–Kier alpha value is -1.45. The zero-order valence-corrected chi connectivity index (χ0v) is 12.9. The molecule has 0 aliphatic heterocycles. The van der Waals surface area contributed by atoms with Crippen molar-refractivity contribution in [2.45, 2.75) is 31.3 Å². The molecule has 0 unspecified atom stereocenters. The van der Waals surface area contributed by atoms with Crippen LogP contribution in [0.3, 0.4) is 0 Å². The maximum atomic E-state index is 10.7. The zero-order valence-electron chi connectivity index (χ0n) is 12.0. The van der Waals surface area contributed by atoms with E-state index < -0.39 is 4.93 Å². The second-order valence-corrected chi connectivity index (χ2v) is 6.43. The van der Waals surface area contributed by atoms with E-state index >= 15 is 0 Å². The van der Waals surface area contributed by atoms with Crippen LogP contribution in [0.1, 0.15) is 31.9 Å². The van der Waals surface area contributed by atoms with Gasteiger partial charge in [-0.1, -0.05) is 42.5 Å². The lowest BCUT2D eigenvalue weighted by molar-refractivity contribution is 0.129. The molecule has 20 heavy (non-hydrogen) atoms. The maximum absolute atomic E-state index is 10.7. The first-order chi connectivity index (χ1) is 9.29. The third-order valence-electron chi connectivity index (χ3n) is 2.84. The zero-order chi connectivity index (χ0) is 14.8. The van der Waals surface area contributed by atoms with E-state index in [1.54, 1.807) is 0 Å². The van der Waals surface area contributed by atoms with Crippen molar-refractivity contribution < 1.29 is 9.84 Å². The number of hydrogen-bond donors (Lipinski definition) is 2. The van der Waals surface area contributed by atoms with Crippen molar-refractivity contribution in [3.63, 3.8) is 0 Å². The molecule has 0 saturated carbocycles. The second-order valence-electron chi connectivity index (χ2n) is 5.78. The molecule has 2 aromatic rings. The summed E-state index contributed by atoms with van der Waals surface area (Å²) >= 11 is 4.42. The molecule has 0 saturated heterocycles. The summed E-state index contributed by atoms with van der Waals surface area (Å²) in [6.07, 6.45) is 0. The Morgan fingerprint density at radius 1 is 0.900 bits per heavy atom. The number of rotatable bonds is 3. The van der Waals surface area contributed by atoms with Crippen LogP contribution in [0.5, 0.6) is 5.75 Å². The highest BCUT2D eigenvalue weighted by Crippen LogP contribution is 2.35. The van der Waals surface area contributed by atoms with Gasteiger partial charge in [0.25, 0.3) is 0 Å². The van der Waals surface area contributed by atoms with Crippen LogP contribution >= 0.6 is 12.6 Å². The summed E-state index contributed by atoms with van der Waals surface area (Å²) < 4.78 is 5.83. The molecule has 0 amide bonds. The van der Waals surface area contributed by atoms with Crippen molar-refractivity contribution >= 4 is 12.6 Å². The van der Waals surface area contributed by atoms with Crippen LogP contribution in [0, 0.1) is 0 Å². The summed E-state index contributed by atoms with van der Waals surface area (Å²) in [7, 11) is 0. The van der Waals surface area contributed by atoms with Gasteiger partial charge in [-0.25, -0.2) is 0 Å². The fourth-order valence-corrected chi connectivity index (χ4v) is 2.26. The van der Waals surface area contributed by atoms with Crippen molar-refractivity contribution in [3.8, 4) is 5.75 Å².